The van der Waals surface area contributed by atoms with Crippen molar-refractivity contribution in [3.8, 4) is 0 Å². The number of H-pyrrole nitrogens is 3. The number of carboxylic acid groups (broad SMARTS) is 1. The van der Waals surface area contributed by atoms with E-state index in [1.807, 2.05) is 20.8 Å². The fourth-order valence-electron chi connectivity index (χ4n) is 2.78. The lowest BCUT2D eigenvalue weighted by atomic mass is 9.90. The van der Waals surface area contributed by atoms with Gasteiger partial charge in [-0.05, 0) is 36.3 Å². The molecule has 2 heterocycles. The predicted molar refractivity (Wildman–Crippen MR) is 116 cm³/mol. The second kappa shape index (κ2) is 9.89. The maximum Gasteiger partial charge on any atom is 0.490 e. The number of aliphatic carboxylic acids is 1. The monoisotopic (exact) mass is 482 g/mol. The molecule has 0 saturated heterocycles. The van der Waals surface area contributed by atoms with E-state index in [2.05, 4.69) is 19.9 Å². The average molecular weight is 482 g/mol. The molecular formula is C22H22F4N4O4. The summed E-state index contributed by atoms with van der Waals surface area (Å²) in [4.78, 5) is 46.2. The van der Waals surface area contributed by atoms with Gasteiger partial charge in [-0.1, -0.05) is 32.9 Å². The summed E-state index contributed by atoms with van der Waals surface area (Å²) in [5.74, 6) is -3.13. The summed E-state index contributed by atoms with van der Waals surface area (Å²) in [5.41, 5.74) is 1.23. The number of aromatic nitrogens is 4. The van der Waals surface area contributed by atoms with Gasteiger partial charge in [0.25, 0.3) is 11.1 Å². The smallest absolute Gasteiger partial charge is 0.475 e. The Morgan fingerprint density at radius 3 is 2.06 bits per heavy atom. The highest BCUT2D eigenvalue weighted by atomic mass is 19.4. The molecule has 3 rings (SSSR count). The minimum Gasteiger partial charge on any atom is -0.475 e. The molecule has 0 atom stereocenters. The lowest BCUT2D eigenvalue weighted by Crippen LogP contribution is -2.46. The summed E-state index contributed by atoms with van der Waals surface area (Å²) in [5, 5.41) is 7.29. The lowest BCUT2D eigenvalue weighted by Gasteiger charge is -2.16. The van der Waals surface area contributed by atoms with Crippen molar-refractivity contribution in [3.63, 3.8) is 0 Å². The van der Waals surface area contributed by atoms with Crippen LogP contribution in [-0.2, 0) is 10.2 Å². The molecule has 8 nitrogen and oxygen atoms in total. The van der Waals surface area contributed by atoms with Crippen molar-refractivity contribution >= 4 is 18.1 Å². The van der Waals surface area contributed by atoms with Crippen LogP contribution in [0.4, 0.5) is 17.6 Å². The Labute approximate surface area is 189 Å². The van der Waals surface area contributed by atoms with E-state index in [1.54, 1.807) is 25.4 Å². The molecule has 182 valence electrons. The van der Waals surface area contributed by atoms with Crippen molar-refractivity contribution < 1.29 is 27.5 Å². The fraction of sp³-hybridized carbons (Fsp3) is 0.273. The topological polar surface area (TPSA) is 132 Å². The van der Waals surface area contributed by atoms with E-state index >= 15 is 0 Å². The van der Waals surface area contributed by atoms with Crippen LogP contribution in [0, 0.1) is 12.7 Å². The Hall–Kier alpha value is -3.96. The van der Waals surface area contributed by atoms with Crippen LogP contribution in [0.15, 0.2) is 34.1 Å². The molecule has 0 amide bonds. The van der Waals surface area contributed by atoms with Crippen LogP contribution in [-0.4, -0.2) is 37.2 Å². The van der Waals surface area contributed by atoms with Gasteiger partial charge in [-0.2, -0.15) is 13.2 Å². The highest BCUT2D eigenvalue weighted by Gasteiger charge is 2.38. The summed E-state index contributed by atoms with van der Waals surface area (Å²) >= 11 is 0. The highest BCUT2D eigenvalue weighted by molar-refractivity contribution is 5.73. The normalized spacial score (nSPS) is 12.9. The Balaban J connectivity index is 0.000000509. The number of nitrogens with one attached hydrogen (secondary N) is 3. The van der Waals surface area contributed by atoms with Crippen molar-refractivity contribution in [3.05, 3.63) is 84.3 Å². The van der Waals surface area contributed by atoms with Crippen molar-refractivity contribution in [2.45, 2.75) is 39.3 Å². The number of hydrogen-bond donors (Lipinski definition) is 4. The second-order valence-corrected chi connectivity index (χ2v) is 8.19. The van der Waals surface area contributed by atoms with Gasteiger partial charge >= 0.3 is 12.1 Å². The van der Waals surface area contributed by atoms with Crippen LogP contribution >= 0.6 is 0 Å². The summed E-state index contributed by atoms with van der Waals surface area (Å²) < 4.78 is 45.4. The average Bonchev–Trinajstić information content (AvgIpc) is 3.18. The van der Waals surface area contributed by atoms with Gasteiger partial charge < -0.3 is 20.1 Å². The molecule has 3 aromatic rings. The molecule has 0 aliphatic heterocycles. The Morgan fingerprint density at radius 1 is 1.03 bits per heavy atom. The van der Waals surface area contributed by atoms with Crippen molar-refractivity contribution in [2.24, 2.45) is 0 Å². The number of carbonyl (C=O) groups is 1. The summed E-state index contributed by atoms with van der Waals surface area (Å²) in [7, 11) is 0. The zero-order valence-corrected chi connectivity index (χ0v) is 18.6. The van der Waals surface area contributed by atoms with Crippen LogP contribution in [0.1, 0.15) is 43.3 Å². The molecule has 4 N–H and O–H groups in total. The molecular weight excluding hydrogens is 460 g/mol. The van der Waals surface area contributed by atoms with E-state index in [4.69, 9.17) is 9.90 Å². The number of benzene rings is 1. The number of halogens is 4. The molecule has 12 heteroatoms. The number of rotatable bonds is 2. The van der Waals surface area contributed by atoms with E-state index in [0.717, 1.165) is 5.69 Å². The minimum absolute atomic E-state index is 0.0592. The van der Waals surface area contributed by atoms with Crippen molar-refractivity contribution in [2.75, 3.05) is 0 Å². The first-order chi connectivity index (χ1) is 15.6. The zero-order chi connectivity index (χ0) is 25.8. The molecule has 0 saturated carbocycles. The number of hydrogen-bond acceptors (Lipinski definition) is 4. The molecule has 0 aliphatic rings. The quantitative estimate of drug-likeness (QED) is 0.414. The largest absolute Gasteiger partial charge is 0.490 e. The zero-order valence-electron chi connectivity index (χ0n) is 18.6. The van der Waals surface area contributed by atoms with Crippen LogP contribution in [0.5, 0.6) is 0 Å². The van der Waals surface area contributed by atoms with Crippen LogP contribution in [0.2, 0.25) is 0 Å². The van der Waals surface area contributed by atoms with Gasteiger partial charge in [-0.25, -0.2) is 14.2 Å². The van der Waals surface area contributed by atoms with Gasteiger partial charge in [0.1, 0.15) is 16.5 Å². The third-order valence-electron chi connectivity index (χ3n) is 4.54. The molecule has 0 spiro atoms. The molecule has 34 heavy (non-hydrogen) atoms. The predicted octanol–water partition coefficient (Wildman–Crippen LogP) is 1.82. The third-order valence-corrected chi connectivity index (χ3v) is 4.54. The van der Waals surface area contributed by atoms with Crippen LogP contribution in [0.3, 0.4) is 0 Å². The van der Waals surface area contributed by atoms with E-state index in [1.165, 1.54) is 18.2 Å². The second-order valence-electron chi connectivity index (χ2n) is 8.19. The standard InChI is InChI=1S/C20H21FN4O2.C2HF3O2/c1-11-12(6-5-7-13(11)21)8-15-18(26)25-16(19(27)24-15)9-14-17(20(2,3)4)23-10-22-14;3-2(4,5)1(6)7/h5-10H,1-4H3,(H,22,23)(H,24,27)(H,25,26);(H,6,7)/b15-8-,16-9-;. The van der Waals surface area contributed by atoms with Gasteiger partial charge in [0, 0.05) is 11.1 Å². The lowest BCUT2D eigenvalue weighted by molar-refractivity contribution is -0.192. The van der Waals surface area contributed by atoms with Gasteiger partial charge in [-0.15, -0.1) is 0 Å². The molecule has 2 aromatic heterocycles. The van der Waals surface area contributed by atoms with E-state index in [-0.39, 0.29) is 21.9 Å². The number of carboxylic acids is 1. The SMILES string of the molecule is Cc1c(F)cccc1/C=c1\[nH]c(=O)/c(=C/c2nc[nH]c2C(C)(C)C)[nH]c1=O.O=C(O)C(F)(F)F. The number of aromatic amines is 3. The molecule has 0 radical (unpaired) electrons. The Kier molecular flexibility index (Phi) is 7.65. The Morgan fingerprint density at radius 2 is 1.56 bits per heavy atom. The molecule has 0 unspecified atom stereocenters. The molecule has 0 aliphatic carbocycles. The fourth-order valence-corrected chi connectivity index (χ4v) is 2.78. The highest BCUT2D eigenvalue weighted by Crippen LogP contribution is 2.22. The minimum atomic E-state index is -5.08. The van der Waals surface area contributed by atoms with Crippen molar-refractivity contribution in [1.82, 2.24) is 19.9 Å². The molecule has 0 bridgehead atoms. The van der Waals surface area contributed by atoms with Crippen molar-refractivity contribution in [1.29, 1.82) is 0 Å². The maximum absolute atomic E-state index is 13.7. The number of nitrogens with zero attached hydrogens (tertiary/aromatic N) is 1. The maximum atomic E-state index is 13.7. The molecule has 0 fully saturated rings. The number of imidazole rings is 1. The number of alkyl halides is 3. The van der Waals surface area contributed by atoms with E-state index in [0.29, 0.717) is 16.8 Å². The van der Waals surface area contributed by atoms with Gasteiger partial charge in [0.2, 0.25) is 0 Å². The first kappa shape index (κ1) is 26.3. The first-order valence-electron chi connectivity index (χ1n) is 9.76. The van der Waals surface area contributed by atoms with E-state index in [9.17, 15) is 27.2 Å². The van der Waals surface area contributed by atoms with Gasteiger partial charge in [-0.3, -0.25) is 9.59 Å². The summed E-state index contributed by atoms with van der Waals surface area (Å²) in [6.07, 6.45) is -0.542. The Bertz CT molecular complexity index is 1430. The summed E-state index contributed by atoms with van der Waals surface area (Å²) in [6.45, 7) is 7.67. The summed E-state index contributed by atoms with van der Waals surface area (Å²) in [6, 6.07) is 4.57. The van der Waals surface area contributed by atoms with Gasteiger partial charge in [0.15, 0.2) is 0 Å². The van der Waals surface area contributed by atoms with E-state index < -0.39 is 23.3 Å². The van der Waals surface area contributed by atoms with Crippen LogP contribution < -0.4 is 21.8 Å². The van der Waals surface area contributed by atoms with Crippen LogP contribution in [0.25, 0.3) is 12.2 Å². The molecule has 1 aromatic carbocycles. The third kappa shape index (κ3) is 6.53. The first-order valence-corrected chi connectivity index (χ1v) is 9.76. The van der Waals surface area contributed by atoms with Gasteiger partial charge in [0.05, 0.1) is 12.0 Å².